The van der Waals surface area contributed by atoms with E-state index in [4.69, 9.17) is 0 Å². The molecule has 0 bridgehead atoms. The number of nitrogens with one attached hydrogen (secondary N) is 1. The van der Waals surface area contributed by atoms with Crippen molar-refractivity contribution < 1.29 is 4.79 Å². The standard InChI is InChI=1S/C20H25NO/c1-5-16-9-11-17(12-10-16)19(14(2)3)21-20(22)18-8-6-7-15(4)13-18/h6-14,19H,5H2,1-4H3,(H,21,22)/t19-/m1/s1. The lowest BCUT2D eigenvalue weighted by Gasteiger charge is -2.23. The van der Waals surface area contributed by atoms with Crippen LogP contribution < -0.4 is 5.32 Å². The van der Waals surface area contributed by atoms with Gasteiger partial charge in [-0.15, -0.1) is 0 Å². The number of rotatable bonds is 5. The first-order valence-corrected chi connectivity index (χ1v) is 7.97. The Morgan fingerprint density at radius 2 is 1.77 bits per heavy atom. The highest BCUT2D eigenvalue weighted by Gasteiger charge is 2.19. The molecule has 2 rings (SSSR count). The van der Waals surface area contributed by atoms with Crippen LogP contribution in [0.1, 0.15) is 53.9 Å². The monoisotopic (exact) mass is 295 g/mol. The molecular formula is C20H25NO. The topological polar surface area (TPSA) is 29.1 Å². The van der Waals surface area contributed by atoms with Gasteiger partial charge in [-0.2, -0.15) is 0 Å². The van der Waals surface area contributed by atoms with Crippen molar-refractivity contribution in [3.63, 3.8) is 0 Å². The van der Waals surface area contributed by atoms with Crippen molar-refractivity contribution in [1.29, 1.82) is 0 Å². The predicted molar refractivity (Wildman–Crippen MR) is 92.0 cm³/mol. The number of benzene rings is 2. The van der Waals surface area contributed by atoms with Crippen molar-refractivity contribution in [1.82, 2.24) is 5.32 Å². The quantitative estimate of drug-likeness (QED) is 0.852. The van der Waals surface area contributed by atoms with Gasteiger partial charge in [-0.3, -0.25) is 4.79 Å². The number of hydrogen-bond acceptors (Lipinski definition) is 1. The van der Waals surface area contributed by atoms with E-state index in [0.29, 0.717) is 5.92 Å². The zero-order chi connectivity index (χ0) is 16.1. The summed E-state index contributed by atoms with van der Waals surface area (Å²) in [7, 11) is 0. The Hall–Kier alpha value is -2.09. The number of aryl methyl sites for hydroxylation is 2. The van der Waals surface area contributed by atoms with Crippen molar-refractivity contribution in [2.45, 2.75) is 40.2 Å². The summed E-state index contributed by atoms with van der Waals surface area (Å²) < 4.78 is 0. The highest BCUT2D eigenvalue weighted by molar-refractivity contribution is 5.94. The van der Waals surface area contributed by atoms with Crippen LogP contribution in [-0.2, 0) is 6.42 Å². The third kappa shape index (κ3) is 3.97. The van der Waals surface area contributed by atoms with E-state index in [1.54, 1.807) is 0 Å². The summed E-state index contributed by atoms with van der Waals surface area (Å²) >= 11 is 0. The average Bonchev–Trinajstić information content (AvgIpc) is 2.52. The molecule has 1 amide bonds. The molecule has 0 unspecified atom stereocenters. The Bertz CT molecular complexity index is 628. The van der Waals surface area contributed by atoms with Gasteiger partial charge in [-0.1, -0.05) is 62.7 Å². The Balaban J connectivity index is 2.19. The van der Waals surface area contributed by atoms with Gasteiger partial charge in [-0.25, -0.2) is 0 Å². The summed E-state index contributed by atoms with van der Waals surface area (Å²) in [5.74, 6) is 0.322. The summed E-state index contributed by atoms with van der Waals surface area (Å²) in [4.78, 5) is 12.5. The minimum absolute atomic E-state index is 0.0121. The van der Waals surface area contributed by atoms with Crippen molar-refractivity contribution in [2.75, 3.05) is 0 Å². The minimum Gasteiger partial charge on any atom is -0.345 e. The van der Waals surface area contributed by atoms with Gasteiger partial charge >= 0.3 is 0 Å². The molecule has 1 atom stereocenters. The van der Waals surface area contributed by atoms with Crippen LogP contribution in [-0.4, -0.2) is 5.91 Å². The minimum atomic E-state index is -0.0121. The molecule has 0 saturated carbocycles. The van der Waals surface area contributed by atoms with E-state index in [9.17, 15) is 4.79 Å². The maximum Gasteiger partial charge on any atom is 0.251 e. The fourth-order valence-electron chi connectivity index (χ4n) is 2.61. The molecule has 2 nitrogen and oxygen atoms in total. The Morgan fingerprint density at radius 1 is 1.09 bits per heavy atom. The molecule has 0 aliphatic heterocycles. The molecule has 0 saturated heterocycles. The van der Waals surface area contributed by atoms with Crippen LogP contribution in [0.3, 0.4) is 0 Å². The van der Waals surface area contributed by atoms with Crippen LogP contribution in [0.25, 0.3) is 0 Å². The van der Waals surface area contributed by atoms with Gasteiger partial charge < -0.3 is 5.32 Å². The molecule has 0 fully saturated rings. The van der Waals surface area contributed by atoms with Gasteiger partial charge in [0.1, 0.15) is 0 Å². The van der Waals surface area contributed by atoms with Crippen molar-refractivity contribution in [2.24, 2.45) is 5.92 Å². The third-order valence-electron chi connectivity index (χ3n) is 3.98. The fourth-order valence-corrected chi connectivity index (χ4v) is 2.61. The zero-order valence-corrected chi connectivity index (χ0v) is 13.9. The first kappa shape index (κ1) is 16.3. The van der Waals surface area contributed by atoms with E-state index in [1.165, 1.54) is 5.56 Å². The molecule has 0 heterocycles. The number of carbonyl (C=O) groups is 1. The van der Waals surface area contributed by atoms with E-state index in [1.807, 2.05) is 31.2 Å². The first-order chi connectivity index (χ1) is 10.5. The number of amides is 1. The molecule has 2 aromatic rings. The Kier molecular flexibility index (Phi) is 5.37. The number of carbonyl (C=O) groups excluding carboxylic acids is 1. The lowest BCUT2D eigenvalue weighted by molar-refractivity contribution is 0.0925. The van der Waals surface area contributed by atoms with Gasteiger partial charge in [0.25, 0.3) is 5.91 Å². The molecular weight excluding hydrogens is 270 g/mol. The second kappa shape index (κ2) is 7.26. The van der Waals surface area contributed by atoms with Gasteiger partial charge in [0.15, 0.2) is 0 Å². The summed E-state index contributed by atoms with van der Waals surface area (Å²) in [6, 6.07) is 16.3. The van der Waals surface area contributed by atoms with Gasteiger partial charge in [0, 0.05) is 5.56 Å². The lowest BCUT2D eigenvalue weighted by atomic mass is 9.94. The second-order valence-electron chi connectivity index (χ2n) is 6.16. The Labute approximate surface area is 133 Å². The maximum atomic E-state index is 12.5. The van der Waals surface area contributed by atoms with Crippen LogP contribution in [0.4, 0.5) is 0 Å². The van der Waals surface area contributed by atoms with Gasteiger partial charge in [-0.05, 0) is 42.5 Å². The largest absolute Gasteiger partial charge is 0.345 e. The smallest absolute Gasteiger partial charge is 0.251 e. The molecule has 0 aliphatic carbocycles. The first-order valence-electron chi connectivity index (χ1n) is 7.97. The van der Waals surface area contributed by atoms with Crippen LogP contribution in [0.5, 0.6) is 0 Å². The number of hydrogen-bond donors (Lipinski definition) is 1. The summed E-state index contributed by atoms with van der Waals surface area (Å²) in [6.07, 6.45) is 1.03. The molecule has 1 N–H and O–H groups in total. The van der Waals surface area contributed by atoms with E-state index < -0.39 is 0 Å². The van der Waals surface area contributed by atoms with Crippen molar-refractivity contribution >= 4 is 5.91 Å². The van der Waals surface area contributed by atoms with E-state index in [0.717, 1.165) is 23.1 Å². The molecule has 0 aliphatic rings. The highest BCUT2D eigenvalue weighted by Crippen LogP contribution is 2.23. The molecule has 2 heteroatoms. The summed E-state index contributed by atoms with van der Waals surface area (Å²) in [6.45, 7) is 8.42. The molecule has 0 spiro atoms. The lowest BCUT2D eigenvalue weighted by Crippen LogP contribution is -2.31. The fraction of sp³-hybridized carbons (Fsp3) is 0.350. The van der Waals surface area contributed by atoms with Crippen LogP contribution in [0.2, 0.25) is 0 Å². The Morgan fingerprint density at radius 3 is 2.32 bits per heavy atom. The average molecular weight is 295 g/mol. The highest BCUT2D eigenvalue weighted by atomic mass is 16.1. The normalized spacial score (nSPS) is 12.2. The third-order valence-corrected chi connectivity index (χ3v) is 3.98. The molecule has 116 valence electrons. The van der Waals surface area contributed by atoms with Gasteiger partial charge in [0.2, 0.25) is 0 Å². The van der Waals surface area contributed by atoms with Gasteiger partial charge in [0.05, 0.1) is 6.04 Å². The van der Waals surface area contributed by atoms with Crippen LogP contribution >= 0.6 is 0 Å². The summed E-state index contributed by atoms with van der Waals surface area (Å²) in [5, 5.41) is 3.17. The SMILES string of the molecule is CCc1ccc([C@H](NC(=O)c2cccc(C)c2)C(C)C)cc1. The zero-order valence-electron chi connectivity index (χ0n) is 13.9. The summed E-state index contributed by atoms with van der Waals surface area (Å²) in [5.41, 5.74) is 4.29. The van der Waals surface area contributed by atoms with Crippen molar-refractivity contribution in [3.8, 4) is 0 Å². The van der Waals surface area contributed by atoms with E-state index >= 15 is 0 Å². The van der Waals surface area contributed by atoms with E-state index in [-0.39, 0.29) is 11.9 Å². The molecule has 0 radical (unpaired) electrons. The van der Waals surface area contributed by atoms with E-state index in [2.05, 4.69) is 50.4 Å². The second-order valence-corrected chi connectivity index (χ2v) is 6.16. The molecule has 2 aromatic carbocycles. The van der Waals surface area contributed by atoms with Crippen LogP contribution in [0, 0.1) is 12.8 Å². The molecule has 0 aromatic heterocycles. The van der Waals surface area contributed by atoms with Crippen LogP contribution in [0.15, 0.2) is 48.5 Å². The predicted octanol–water partition coefficient (Wildman–Crippen LogP) is 4.68. The molecule has 22 heavy (non-hydrogen) atoms. The van der Waals surface area contributed by atoms with Crippen molar-refractivity contribution in [3.05, 3.63) is 70.8 Å². The maximum absolute atomic E-state index is 12.5.